The smallest absolute Gasteiger partial charge is 0.242 e. The van der Waals surface area contributed by atoms with Crippen LogP contribution in [0, 0.1) is 17.6 Å². The summed E-state index contributed by atoms with van der Waals surface area (Å²) >= 11 is 0. The molecule has 4 rings (SSSR count). The van der Waals surface area contributed by atoms with Crippen molar-refractivity contribution in [2.75, 3.05) is 12.3 Å². The lowest BCUT2D eigenvalue weighted by molar-refractivity contribution is -0.129. The van der Waals surface area contributed by atoms with Gasteiger partial charge in [0.15, 0.2) is 5.82 Å². The maximum Gasteiger partial charge on any atom is 0.242 e. The highest BCUT2D eigenvalue weighted by molar-refractivity contribution is 5.89. The summed E-state index contributed by atoms with van der Waals surface area (Å²) in [6.07, 6.45) is 2.41. The Bertz CT molecular complexity index is 1010. The number of benzene rings is 2. The molecule has 32 heavy (non-hydrogen) atoms. The molecular weight excluding hydrogens is 414 g/mol. The molecule has 5 N–H and O–H groups in total. The molecule has 0 saturated carbocycles. The number of amides is 2. The van der Waals surface area contributed by atoms with Crippen LogP contribution in [0.1, 0.15) is 42.5 Å². The fraction of sp³-hybridized carbons (Fsp3) is 0.417. The Labute approximate surface area is 185 Å². The Hall–Kier alpha value is -3.00. The van der Waals surface area contributed by atoms with Crippen molar-refractivity contribution in [1.29, 1.82) is 0 Å². The van der Waals surface area contributed by atoms with Crippen LogP contribution in [0.4, 0.5) is 14.5 Å². The van der Waals surface area contributed by atoms with Crippen molar-refractivity contribution in [3.63, 3.8) is 0 Å². The molecular formula is C24H28F2N4O2. The van der Waals surface area contributed by atoms with E-state index >= 15 is 0 Å². The van der Waals surface area contributed by atoms with Gasteiger partial charge in [0.05, 0.1) is 12.1 Å². The van der Waals surface area contributed by atoms with Gasteiger partial charge in [-0.2, -0.15) is 0 Å². The molecule has 0 radical (unpaired) electrons. The van der Waals surface area contributed by atoms with E-state index in [9.17, 15) is 18.4 Å². The average molecular weight is 443 g/mol. The molecule has 1 fully saturated rings. The fourth-order valence-corrected chi connectivity index (χ4v) is 4.64. The third-order valence-corrected chi connectivity index (χ3v) is 6.42. The molecule has 4 atom stereocenters. The number of nitrogens with one attached hydrogen (secondary N) is 3. The molecule has 8 heteroatoms. The number of fused-ring (bicyclic) bond motifs is 1. The van der Waals surface area contributed by atoms with E-state index in [1.807, 2.05) is 18.2 Å². The van der Waals surface area contributed by atoms with Gasteiger partial charge in [-0.1, -0.05) is 30.3 Å². The van der Waals surface area contributed by atoms with Crippen molar-refractivity contribution >= 4 is 17.5 Å². The second kappa shape index (κ2) is 9.24. The van der Waals surface area contributed by atoms with Crippen LogP contribution >= 0.6 is 0 Å². The van der Waals surface area contributed by atoms with Crippen molar-refractivity contribution in [3.05, 3.63) is 64.7 Å². The van der Waals surface area contributed by atoms with Crippen LogP contribution in [0.2, 0.25) is 0 Å². The van der Waals surface area contributed by atoms with Gasteiger partial charge in [-0.3, -0.25) is 9.59 Å². The molecule has 0 bridgehead atoms. The lowest BCUT2D eigenvalue weighted by Gasteiger charge is -2.20. The number of rotatable bonds is 6. The molecule has 2 aliphatic rings. The fourth-order valence-electron chi connectivity index (χ4n) is 4.64. The monoisotopic (exact) mass is 442 g/mol. The van der Waals surface area contributed by atoms with Gasteiger partial charge in [0.1, 0.15) is 17.5 Å². The minimum absolute atomic E-state index is 0.222. The van der Waals surface area contributed by atoms with Gasteiger partial charge in [0.2, 0.25) is 11.8 Å². The zero-order valence-electron chi connectivity index (χ0n) is 18.0. The van der Waals surface area contributed by atoms with Crippen LogP contribution in [0.5, 0.6) is 0 Å². The highest BCUT2D eigenvalue weighted by atomic mass is 19.1. The highest BCUT2D eigenvalue weighted by Gasteiger charge is 2.33. The van der Waals surface area contributed by atoms with Gasteiger partial charge in [-0.15, -0.1) is 0 Å². The molecule has 6 nitrogen and oxygen atoms in total. The minimum Gasteiger partial charge on any atom is -0.394 e. The number of nitrogen functional groups attached to an aromatic ring is 1. The highest BCUT2D eigenvalue weighted by Crippen LogP contribution is 2.36. The Morgan fingerprint density at radius 1 is 1.25 bits per heavy atom. The van der Waals surface area contributed by atoms with E-state index in [1.165, 1.54) is 11.6 Å². The number of hydrogen-bond acceptors (Lipinski definition) is 4. The Morgan fingerprint density at radius 2 is 2.00 bits per heavy atom. The van der Waals surface area contributed by atoms with Crippen LogP contribution in [0.25, 0.3) is 0 Å². The third kappa shape index (κ3) is 4.60. The Kier molecular flexibility index (Phi) is 6.41. The first-order valence-corrected chi connectivity index (χ1v) is 11.0. The lowest BCUT2D eigenvalue weighted by atomic mass is 9.96. The lowest BCUT2D eigenvalue weighted by Crippen LogP contribution is -2.50. The average Bonchev–Trinajstić information content (AvgIpc) is 3.40. The predicted octanol–water partition coefficient (Wildman–Crippen LogP) is 2.38. The number of hydrogen-bond donors (Lipinski definition) is 4. The maximum absolute atomic E-state index is 14.2. The number of carbonyl (C=O) groups is 2. The second-order valence-electron chi connectivity index (χ2n) is 8.74. The van der Waals surface area contributed by atoms with Gasteiger partial charge < -0.3 is 21.7 Å². The SMILES string of the molecule is C[C@H](NC(=O)[C@H]1C[C@H](Cc2ccccc2)CN1)C(=O)NC1CCc2c1cc(F)c(N)c2F. The zero-order chi connectivity index (χ0) is 22.8. The van der Waals surface area contributed by atoms with E-state index in [0.717, 1.165) is 13.0 Å². The van der Waals surface area contributed by atoms with Crippen LogP contribution in [-0.2, 0) is 22.4 Å². The van der Waals surface area contributed by atoms with Crippen molar-refractivity contribution in [2.24, 2.45) is 5.92 Å². The number of anilines is 1. The minimum atomic E-state index is -0.832. The number of carbonyl (C=O) groups excluding carboxylic acids is 2. The van der Waals surface area contributed by atoms with Crippen LogP contribution < -0.4 is 21.7 Å². The summed E-state index contributed by atoms with van der Waals surface area (Å²) in [6, 6.07) is 9.69. The molecule has 2 aromatic rings. The van der Waals surface area contributed by atoms with E-state index in [4.69, 9.17) is 5.73 Å². The summed E-state index contributed by atoms with van der Waals surface area (Å²) in [5.74, 6) is -1.85. The summed E-state index contributed by atoms with van der Waals surface area (Å²) in [5.41, 5.74) is 6.91. The first kappa shape index (κ1) is 22.2. The van der Waals surface area contributed by atoms with E-state index in [-0.39, 0.29) is 11.9 Å². The van der Waals surface area contributed by atoms with Gasteiger partial charge in [0.25, 0.3) is 0 Å². The third-order valence-electron chi connectivity index (χ3n) is 6.42. The van der Waals surface area contributed by atoms with Crippen molar-refractivity contribution in [2.45, 2.75) is 50.7 Å². The largest absolute Gasteiger partial charge is 0.394 e. The molecule has 170 valence electrons. The normalized spacial score (nSPS) is 22.9. The number of halogens is 2. The molecule has 0 aromatic heterocycles. The van der Waals surface area contributed by atoms with E-state index < -0.39 is 35.3 Å². The van der Waals surface area contributed by atoms with Crippen molar-refractivity contribution in [1.82, 2.24) is 16.0 Å². The van der Waals surface area contributed by atoms with Gasteiger partial charge in [0, 0.05) is 0 Å². The second-order valence-corrected chi connectivity index (χ2v) is 8.74. The molecule has 1 aliphatic heterocycles. The molecule has 1 aliphatic carbocycles. The Morgan fingerprint density at radius 3 is 2.75 bits per heavy atom. The van der Waals surface area contributed by atoms with E-state index in [1.54, 1.807) is 6.92 Å². The maximum atomic E-state index is 14.2. The summed E-state index contributed by atoms with van der Waals surface area (Å²) in [4.78, 5) is 25.3. The van der Waals surface area contributed by atoms with E-state index in [0.29, 0.717) is 36.3 Å². The topological polar surface area (TPSA) is 96.2 Å². The molecule has 2 aromatic carbocycles. The van der Waals surface area contributed by atoms with Crippen molar-refractivity contribution in [3.8, 4) is 0 Å². The van der Waals surface area contributed by atoms with Crippen LogP contribution in [-0.4, -0.2) is 30.4 Å². The van der Waals surface area contributed by atoms with Gasteiger partial charge in [-0.25, -0.2) is 8.78 Å². The zero-order valence-corrected chi connectivity index (χ0v) is 18.0. The first-order chi connectivity index (χ1) is 15.3. The van der Waals surface area contributed by atoms with Crippen molar-refractivity contribution < 1.29 is 18.4 Å². The Balaban J connectivity index is 1.30. The first-order valence-electron chi connectivity index (χ1n) is 11.0. The summed E-state index contributed by atoms with van der Waals surface area (Å²) in [5, 5.41) is 8.79. The standard InChI is InChI=1S/C24H28F2N4O2/c1-13(23(31)30-19-8-7-16-17(19)11-18(25)22(27)21(16)26)29-24(32)20-10-15(12-28-20)9-14-5-3-2-4-6-14/h2-6,11,13,15,19-20,28H,7-10,12,27H2,1H3,(H,29,32)(H,30,31)/t13-,15-,19?,20+/m0/s1. The van der Waals surface area contributed by atoms with Gasteiger partial charge >= 0.3 is 0 Å². The summed E-state index contributed by atoms with van der Waals surface area (Å²) < 4.78 is 28.1. The summed E-state index contributed by atoms with van der Waals surface area (Å²) in [7, 11) is 0. The van der Waals surface area contributed by atoms with E-state index in [2.05, 4.69) is 28.1 Å². The molecule has 1 saturated heterocycles. The summed E-state index contributed by atoms with van der Waals surface area (Å²) in [6.45, 7) is 2.34. The molecule has 2 amide bonds. The predicted molar refractivity (Wildman–Crippen MR) is 118 cm³/mol. The number of nitrogens with two attached hydrogens (primary N) is 1. The quantitative estimate of drug-likeness (QED) is 0.517. The van der Waals surface area contributed by atoms with Crippen LogP contribution in [0.15, 0.2) is 36.4 Å². The van der Waals surface area contributed by atoms with Gasteiger partial charge in [-0.05, 0) is 67.8 Å². The molecule has 0 spiro atoms. The molecule has 1 unspecified atom stereocenters. The molecule has 1 heterocycles. The van der Waals surface area contributed by atoms with Crippen LogP contribution in [0.3, 0.4) is 0 Å².